The number of nitriles is 1. The van der Waals surface area contributed by atoms with Crippen LogP contribution in [0, 0.1) is 11.3 Å². The molecule has 0 aliphatic rings. The van der Waals surface area contributed by atoms with Crippen LogP contribution in [0.4, 0.5) is 0 Å². The Morgan fingerprint density at radius 2 is 1.75 bits per heavy atom. The van der Waals surface area contributed by atoms with E-state index in [-0.39, 0.29) is 0 Å². The van der Waals surface area contributed by atoms with E-state index >= 15 is 0 Å². The molecule has 0 saturated carbocycles. The molecule has 1 heterocycles. The Labute approximate surface area is 195 Å². The lowest BCUT2D eigenvalue weighted by Gasteiger charge is -2.13. The van der Waals surface area contributed by atoms with Gasteiger partial charge in [-0.2, -0.15) is 5.26 Å². The number of fused-ring (bicyclic) bond motifs is 1. The molecule has 3 rings (SSSR count). The van der Waals surface area contributed by atoms with Gasteiger partial charge in [-0.1, -0.05) is 63.6 Å². The number of allylic oxidation sites excluding steroid dienone is 1. The molecule has 0 saturated heterocycles. The Morgan fingerprint density at radius 3 is 2.50 bits per heavy atom. The molecule has 2 aromatic carbocycles. The highest BCUT2D eigenvalue weighted by Crippen LogP contribution is 2.32. The highest BCUT2D eigenvalue weighted by atomic mass is 32.1. The van der Waals surface area contributed by atoms with Gasteiger partial charge in [-0.15, -0.1) is 11.3 Å². The first-order chi connectivity index (χ1) is 15.7. The third-order valence-electron chi connectivity index (χ3n) is 5.23. The van der Waals surface area contributed by atoms with Crippen LogP contribution in [0.1, 0.15) is 69.4 Å². The lowest BCUT2D eigenvalue weighted by atomic mass is 10.1. The van der Waals surface area contributed by atoms with Crippen molar-refractivity contribution in [1.29, 1.82) is 5.26 Å². The van der Waals surface area contributed by atoms with Gasteiger partial charge in [0.1, 0.15) is 11.1 Å². The van der Waals surface area contributed by atoms with E-state index < -0.39 is 0 Å². The summed E-state index contributed by atoms with van der Waals surface area (Å²) < 4.78 is 12.9. The Balaban J connectivity index is 1.65. The molecule has 0 spiro atoms. The van der Waals surface area contributed by atoms with E-state index in [1.54, 1.807) is 0 Å². The number of hydrogen-bond acceptors (Lipinski definition) is 5. The normalized spacial score (nSPS) is 11.5. The van der Waals surface area contributed by atoms with Crippen molar-refractivity contribution in [2.24, 2.45) is 0 Å². The van der Waals surface area contributed by atoms with Crippen molar-refractivity contribution < 1.29 is 9.47 Å². The summed E-state index contributed by atoms with van der Waals surface area (Å²) in [5, 5.41) is 10.4. The third kappa shape index (κ3) is 6.83. The lowest BCUT2D eigenvalue weighted by molar-refractivity contribution is 0.270. The highest BCUT2D eigenvalue weighted by Gasteiger charge is 2.11. The van der Waals surface area contributed by atoms with Gasteiger partial charge in [0, 0.05) is 0 Å². The van der Waals surface area contributed by atoms with Crippen molar-refractivity contribution in [1.82, 2.24) is 4.98 Å². The topological polar surface area (TPSA) is 55.1 Å². The fraction of sp³-hybridized carbons (Fsp3) is 0.407. The van der Waals surface area contributed by atoms with Crippen molar-refractivity contribution in [2.75, 3.05) is 13.2 Å². The molecule has 0 bridgehead atoms. The van der Waals surface area contributed by atoms with Gasteiger partial charge in [-0.3, -0.25) is 0 Å². The number of para-hydroxylation sites is 1. The minimum atomic E-state index is 0.547. The maximum absolute atomic E-state index is 9.72. The van der Waals surface area contributed by atoms with Crippen LogP contribution in [-0.2, 0) is 0 Å². The van der Waals surface area contributed by atoms with E-state index in [0.717, 1.165) is 33.0 Å². The number of aromatic nitrogens is 1. The molecule has 1 aromatic heterocycles. The zero-order chi connectivity index (χ0) is 22.6. The van der Waals surface area contributed by atoms with Crippen LogP contribution < -0.4 is 9.47 Å². The third-order valence-corrected chi connectivity index (χ3v) is 6.30. The summed E-state index contributed by atoms with van der Waals surface area (Å²) in [7, 11) is 0. The Kier molecular flexibility index (Phi) is 9.59. The second-order valence-electron chi connectivity index (χ2n) is 7.77. The van der Waals surface area contributed by atoms with Crippen molar-refractivity contribution in [2.45, 2.75) is 58.8 Å². The average Bonchev–Trinajstić information content (AvgIpc) is 3.24. The maximum Gasteiger partial charge on any atom is 0.161 e. The highest BCUT2D eigenvalue weighted by molar-refractivity contribution is 7.19. The van der Waals surface area contributed by atoms with Crippen LogP contribution in [0.3, 0.4) is 0 Å². The molecular weight excluding hydrogens is 416 g/mol. The molecule has 4 nitrogen and oxygen atoms in total. The Bertz CT molecular complexity index is 1030. The second kappa shape index (κ2) is 12.9. The summed E-state index contributed by atoms with van der Waals surface area (Å²) in [4.78, 5) is 4.61. The van der Waals surface area contributed by atoms with Crippen LogP contribution in [-0.4, -0.2) is 18.2 Å². The summed E-state index contributed by atoms with van der Waals surface area (Å²) in [6, 6.07) is 16.1. The van der Waals surface area contributed by atoms with E-state index in [1.165, 1.54) is 49.9 Å². The molecule has 0 fully saturated rings. The van der Waals surface area contributed by atoms with E-state index in [9.17, 15) is 5.26 Å². The first-order valence-corrected chi connectivity index (χ1v) is 12.4. The van der Waals surface area contributed by atoms with Crippen LogP contribution in [0.5, 0.6) is 11.5 Å². The van der Waals surface area contributed by atoms with Gasteiger partial charge >= 0.3 is 0 Å². The molecule has 3 aromatic rings. The summed E-state index contributed by atoms with van der Waals surface area (Å²) in [5.41, 5.74) is 2.36. The van der Waals surface area contributed by atoms with E-state index in [2.05, 4.69) is 18.0 Å². The number of nitrogens with zero attached hydrogens (tertiary/aromatic N) is 2. The van der Waals surface area contributed by atoms with Gasteiger partial charge in [0.15, 0.2) is 11.5 Å². The molecule has 0 N–H and O–H groups in total. The summed E-state index contributed by atoms with van der Waals surface area (Å²) in [6.45, 7) is 5.46. The molecule has 0 aliphatic carbocycles. The first-order valence-electron chi connectivity index (χ1n) is 11.6. The number of rotatable bonds is 13. The lowest BCUT2D eigenvalue weighted by Crippen LogP contribution is -2.01. The number of thiazole rings is 1. The van der Waals surface area contributed by atoms with Gasteiger partial charge in [0.2, 0.25) is 0 Å². The van der Waals surface area contributed by atoms with E-state index in [0.29, 0.717) is 24.5 Å². The second-order valence-corrected chi connectivity index (χ2v) is 8.80. The van der Waals surface area contributed by atoms with Crippen molar-refractivity contribution in [3.05, 3.63) is 53.0 Å². The molecule has 0 unspecified atom stereocenters. The van der Waals surface area contributed by atoms with Gasteiger partial charge in [-0.25, -0.2) is 4.98 Å². The SMILES string of the molecule is CCCCCCCCCOc1ccc(/C=C(/C#N)c2nc3ccccc3s2)cc1OCC. The largest absolute Gasteiger partial charge is 0.490 e. The minimum Gasteiger partial charge on any atom is -0.490 e. The van der Waals surface area contributed by atoms with Gasteiger partial charge in [0.05, 0.1) is 29.0 Å². The van der Waals surface area contributed by atoms with Gasteiger partial charge in [-0.05, 0) is 49.2 Å². The number of benzene rings is 2. The standard InChI is InChI=1S/C27H32N2O2S/c1-3-5-6-7-8-9-12-17-31-24-16-15-21(19-25(24)30-4-2)18-22(20-28)27-29-23-13-10-11-14-26(23)32-27/h10-11,13-16,18-19H,3-9,12,17H2,1-2H3/b22-18-. The van der Waals surface area contributed by atoms with Crippen LogP contribution in [0.25, 0.3) is 21.9 Å². The van der Waals surface area contributed by atoms with E-state index in [1.807, 2.05) is 55.5 Å². The number of ether oxygens (including phenoxy) is 2. The molecule has 5 heteroatoms. The average molecular weight is 449 g/mol. The summed E-state index contributed by atoms with van der Waals surface area (Å²) in [6.07, 6.45) is 10.6. The van der Waals surface area contributed by atoms with Crippen LogP contribution >= 0.6 is 11.3 Å². The van der Waals surface area contributed by atoms with Crippen molar-refractivity contribution in [3.8, 4) is 17.6 Å². The number of unbranched alkanes of at least 4 members (excludes halogenated alkanes) is 6. The zero-order valence-electron chi connectivity index (χ0n) is 19.1. The maximum atomic E-state index is 9.72. The first kappa shape index (κ1) is 23.8. The molecule has 0 atom stereocenters. The van der Waals surface area contributed by atoms with Gasteiger partial charge in [0.25, 0.3) is 0 Å². The molecule has 0 amide bonds. The zero-order valence-corrected chi connectivity index (χ0v) is 19.9. The monoisotopic (exact) mass is 448 g/mol. The molecule has 168 valence electrons. The molecule has 0 aliphatic heterocycles. The summed E-state index contributed by atoms with van der Waals surface area (Å²) >= 11 is 1.53. The predicted octanol–water partition coefficient (Wildman–Crippen LogP) is 7.89. The van der Waals surface area contributed by atoms with Gasteiger partial charge < -0.3 is 9.47 Å². The molecular formula is C27H32N2O2S. The van der Waals surface area contributed by atoms with Crippen molar-refractivity contribution >= 4 is 33.2 Å². The van der Waals surface area contributed by atoms with Crippen molar-refractivity contribution in [3.63, 3.8) is 0 Å². The van der Waals surface area contributed by atoms with Crippen LogP contribution in [0.2, 0.25) is 0 Å². The Morgan fingerprint density at radius 1 is 0.969 bits per heavy atom. The quantitative estimate of drug-likeness (QED) is 0.197. The molecule has 32 heavy (non-hydrogen) atoms. The fourth-order valence-electron chi connectivity index (χ4n) is 3.54. The Hall–Kier alpha value is -2.84. The molecule has 0 radical (unpaired) electrons. The fourth-order valence-corrected chi connectivity index (χ4v) is 4.47. The van der Waals surface area contributed by atoms with Crippen LogP contribution in [0.15, 0.2) is 42.5 Å². The smallest absolute Gasteiger partial charge is 0.161 e. The minimum absolute atomic E-state index is 0.547. The predicted molar refractivity (Wildman–Crippen MR) is 134 cm³/mol. The summed E-state index contributed by atoms with van der Waals surface area (Å²) in [5.74, 6) is 1.47. The van der Waals surface area contributed by atoms with E-state index in [4.69, 9.17) is 9.47 Å². The number of hydrogen-bond donors (Lipinski definition) is 0.